The van der Waals surface area contributed by atoms with E-state index >= 15 is 0 Å². The third-order valence-electron chi connectivity index (χ3n) is 3.66. The summed E-state index contributed by atoms with van der Waals surface area (Å²) in [5.74, 6) is 6.93. The van der Waals surface area contributed by atoms with E-state index in [1.54, 1.807) is 0 Å². The third-order valence-corrected chi connectivity index (χ3v) is 3.66. The minimum atomic E-state index is 0.627. The third kappa shape index (κ3) is 1.65. The fraction of sp³-hybridized carbons (Fsp3) is 0.214. The first-order valence-electron chi connectivity index (χ1n) is 6.65. The van der Waals surface area contributed by atoms with E-state index in [1.165, 1.54) is 0 Å². The van der Waals surface area contributed by atoms with Crippen molar-refractivity contribution >= 4 is 11.5 Å². The van der Waals surface area contributed by atoms with Crippen molar-refractivity contribution in [3.63, 3.8) is 0 Å². The Morgan fingerprint density at radius 2 is 2.10 bits per heavy atom. The molecule has 1 aliphatic carbocycles. The summed E-state index contributed by atoms with van der Waals surface area (Å²) in [6.07, 6.45) is 6.97. The van der Waals surface area contributed by atoms with Gasteiger partial charge in [-0.15, -0.1) is 0 Å². The van der Waals surface area contributed by atoms with Gasteiger partial charge in [0.1, 0.15) is 17.2 Å². The first-order valence-corrected chi connectivity index (χ1v) is 6.65. The summed E-state index contributed by atoms with van der Waals surface area (Å²) in [6, 6.07) is 5.89. The van der Waals surface area contributed by atoms with Crippen LogP contribution in [0, 0.1) is 0 Å². The van der Waals surface area contributed by atoms with Crippen LogP contribution in [0.5, 0.6) is 0 Å². The van der Waals surface area contributed by atoms with E-state index in [4.69, 9.17) is 5.84 Å². The number of hydrazine groups is 1. The molecule has 3 N–H and O–H groups in total. The largest absolute Gasteiger partial charge is 0.308 e. The summed E-state index contributed by atoms with van der Waals surface area (Å²) in [7, 11) is 0. The Hall–Kier alpha value is -2.47. The van der Waals surface area contributed by atoms with E-state index in [-0.39, 0.29) is 0 Å². The van der Waals surface area contributed by atoms with Crippen LogP contribution in [0.25, 0.3) is 17.2 Å². The Balaban J connectivity index is 1.89. The predicted molar refractivity (Wildman–Crippen MR) is 76.1 cm³/mol. The predicted octanol–water partition coefficient (Wildman–Crippen LogP) is 1.57. The lowest BCUT2D eigenvalue weighted by Gasteiger charge is -2.07. The zero-order valence-electron chi connectivity index (χ0n) is 10.9. The van der Waals surface area contributed by atoms with E-state index in [2.05, 4.69) is 20.4 Å². The Kier molecular flexibility index (Phi) is 2.43. The summed E-state index contributed by atoms with van der Waals surface area (Å²) >= 11 is 0. The molecule has 0 atom stereocenters. The molecule has 0 unspecified atom stereocenters. The van der Waals surface area contributed by atoms with Crippen molar-refractivity contribution in [1.29, 1.82) is 0 Å². The van der Waals surface area contributed by atoms with Gasteiger partial charge in [-0.1, -0.05) is 6.07 Å². The van der Waals surface area contributed by atoms with E-state index in [1.807, 2.05) is 35.0 Å². The van der Waals surface area contributed by atoms with Crippen molar-refractivity contribution in [3.8, 4) is 11.5 Å². The number of aryl methyl sites for hydroxylation is 1. The molecule has 0 bridgehead atoms. The maximum Gasteiger partial charge on any atom is 0.182 e. The van der Waals surface area contributed by atoms with Gasteiger partial charge in [0, 0.05) is 23.7 Å². The van der Waals surface area contributed by atoms with E-state index < -0.39 is 0 Å². The highest BCUT2D eigenvalue weighted by atomic mass is 15.3. The normalized spacial score (nSPS) is 13.7. The van der Waals surface area contributed by atoms with Gasteiger partial charge in [-0.05, 0) is 31.4 Å². The molecule has 20 heavy (non-hydrogen) atoms. The van der Waals surface area contributed by atoms with E-state index in [0.717, 1.165) is 47.7 Å². The van der Waals surface area contributed by atoms with Crippen molar-refractivity contribution in [2.24, 2.45) is 5.84 Å². The fourth-order valence-electron chi connectivity index (χ4n) is 2.71. The zero-order valence-corrected chi connectivity index (χ0v) is 10.9. The van der Waals surface area contributed by atoms with Gasteiger partial charge in [0.2, 0.25) is 0 Å². The lowest BCUT2D eigenvalue weighted by atomic mass is 10.2. The highest BCUT2D eigenvalue weighted by Gasteiger charge is 2.20. The molecule has 0 spiro atoms. The molecule has 3 aromatic rings. The van der Waals surface area contributed by atoms with Crippen LogP contribution in [-0.2, 0) is 12.8 Å². The van der Waals surface area contributed by atoms with Crippen LogP contribution >= 0.6 is 0 Å². The molecule has 0 radical (unpaired) electrons. The molecule has 0 aliphatic heterocycles. The maximum absolute atomic E-state index is 5.58. The van der Waals surface area contributed by atoms with Gasteiger partial charge in [0.15, 0.2) is 5.82 Å². The van der Waals surface area contributed by atoms with Crippen LogP contribution in [0.4, 0.5) is 5.82 Å². The molecule has 0 saturated heterocycles. The van der Waals surface area contributed by atoms with Gasteiger partial charge < -0.3 is 9.83 Å². The summed E-state index contributed by atoms with van der Waals surface area (Å²) in [5.41, 5.74) is 6.56. The number of fused-ring (bicyclic) bond motifs is 2. The van der Waals surface area contributed by atoms with Gasteiger partial charge in [-0.2, -0.15) is 0 Å². The van der Waals surface area contributed by atoms with Crippen LogP contribution in [0.15, 0.2) is 30.6 Å². The Morgan fingerprint density at radius 1 is 1.15 bits per heavy atom. The van der Waals surface area contributed by atoms with Crippen LogP contribution in [0.2, 0.25) is 0 Å². The number of nitrogens with one attached hydrogen (secondary N) is 1. The Morgan fingerprint density at radius 3 is 2.95 bits per heavy atom. The molecule has 6 nitrogen and oxygen atoms in total. The van der Waals surface area contributed by atoms with Crippen LogP contribution in [0.1, 0.15) is 17.7 Å². The van der Waals surface area contributed by atoms with Crippen LogP contribution in [0.3, 0.4) is 0 Å². The molecule has 100 valence electrons. The van der Waals surface area contributed by atoms with Crippen molar-refractivity contribution in [3.05, 3.63) is 41.9 Å². The number of imidazole rings is 1. The Labute approximate surface area is 115 Å². The molecule has 0 amide bonds. The Bertz CT molecular complexity index is 758. The second-order valence-electron chi connectivity index (χ2n) is 4.91. The number of nitrogens with zero attached hydrogens (tertiary/aromatic N) is 4. The topological polar surface area (TPSA) is 81.1 Å². The molecular formula is C14H14N6. The zero-order chi connectivity index (χ0) is 13.5. The average Bonchev–Trinajstić information content (AvgIpc) is 3.12. The highest BCUT2D eigenvalue weighted by molar-refractivity contribution is 5.60. The van der Waals surface area contributed by atoms with Crippen molar-refractivity contribution in [2.75, 3.05) is 5.43 Å². The number of hydrogen-bond donors (Lipinski definition) is 2. The summed E-state index contributed by atoms with van der Waals surface area (Å²) in [4.78, 5) is 13.7. The lowest BCUT2D eigenvalue weighted by molar-refractivity contribution is 0.899. The molecule has 3 heterocycles. The first kappa shape index (κ1) is 11.4. The number of nitrogens with two attached hydrogens (primary N) is 1. The SMILES string of the molecule is NNc1nc(-c2cn3ccccc3n2)nc2c1CCC2. The number of hydrogen-bond acceptors (Lipinski definition) is 5. The molecule has 4 rings (SSSR count). The highest BCUT2D eigenvalue weighted by Crippen LogP contribution is 2.28. The fourth-order valence-corrected chi connectivity index (χ4v) is 2.71. The van der Waals surface area contributed by atoms with Crippen molar-refractivity contribution in [1.82, 2.24) is 19.4 Å². The van der Waals surface area contributed by atoms with Crippen molar-refractivity contribution in [2.45, 2.75) is 19.3 Å². The van der Waals surface area contributed by atoms with Gasteiger partial charge in [-0.3, -0.25) is 0 Å². The molecule has 3 aromatic heterocycles. The molecule has 0 saturated carbocycles. The standard InChI is InChI=1S/C14H14N6/c15-19-13-9-4-3-5-10(9)17-14(18-13)11-8-20-7-2-1-6-12(20)16-11/h1-2,6-8H,3-5,15H2,(H,17,18,19). The van der Waals surface area contributed by atoms with Crippen molar-refractivity contribution < 1.29 is 0 Å². The number of rotatable bonds is 2. The monoisotopic (exact) mass is 266 g/mol. The van der Waals surface area contributed by atoms with Gasteiger partial charge in [-0.25, -0.2) is 20.8 Å². The maximum atomic E-state index is 5.58. The first-order chi connectivity index (χ1) is 9.85. The summed E-state index contributed by atoms with van der Waals surface area (Å²) < 4.78 is 1.96. The summed E-state index contributed by atoms with van der Waals surface area (Å²) in [5, 5.41) is 0. The number of nitrogen functional groups attached to an aromatic ring is 1. The summed E-state index contributed by atoms with van der Waals surface area (Å²) in [6.45, 7) is 0. The minimum absolute atomic E-state index is 0.627. The molecular weight excluding hydrogens is 252 g/mol. The lowest BCUT2D eigenvalue weighted by Crippen LogP contribution is -2.12. The second kappa shape index (κ2) is 4.28. The second-order valence-corrected chi connectivity index (χ2v) is 4.91. The van der Waals surface area contributed by atoms with Crippen LogP contribution in [-0.4, -0.2) is 19.4 Å². The molecule has 0 fully saturated rings. The molecule has 0 aromatic carbocycles. The molecule has 1 aliphatic rings. The van der Waals surface area contributed by atoms with E-state index in [0.29, 0.717) is 5.82 Å². The number of aromatic nitrogens is 4. The average molecular weight is 266 g/mol. The number of pyridine rings is 1. The van der Waals surface area contributed by atoms with E-state index in [9.17, 15) is 0 Å². The van der Waals surface area contributed by atoms with Gasteiger partial charge in [0.05, 0.1) is 0 Å². The van der Waals surface area contributed by atoms with Gasteiger partial charge in [0.25, 0.3) is 0 Å². The number of anilines is 1. The molecule has 6 heteroatoms. The van der Waals surface area contributed by atoms with Gasteiger partial charge >= 0.3 is 0 Å². The quantitative estimate of drug-likeness (QED) is 0.543. The van der Waals surface area contributed by atoms with Crippen LogP contribution < -0.4 is 11.3 Å². The smallest absolute Gasteiger partial charge is 0.182 e. The minimum Gasteiger partial charge on any atom is -0.308 e.